The molecule has 0 bridgehead atoms. The SMILES string of the molecule is COc1cc(F)c(C)cc1-c1cn(C)c(=O)c2ccc(-c3cnn(C)c3)cc12. The van der Waals surface area contributed by atoms with Crippen LogP contribution in [0.5, 0.6) is 5.75 Å². The molecular weight excluding hydrogens is 357 g/mol. The van der Waals surface area contributed by atoms with E-state index >= 15 is 0 Å². The normalized spacial score (nSPS) is 11.2. The first-order valence-corrected chi connectivity index (χ1v) is 8.86. The van der Waals surface area contributed by atoms with Crippen LogP contribution in [-0.4, -0.2) is 21.5 Å². The van der Waals surface area contributed by atoms with Gasteiger partial charge in [0.2, 0.25) is 0 Å². The molecule has 0 saturated heterocycles. The minimum atomic E-state index is -0.328. The molecule has 142 valence electrons. The van der Waals surface area contributed by atoms with Gasteiger partial charge in [0.1, 0.15) is 11.6 Å². The van der Waals surface area contributed by atoms with Crippen LogP contribution in [0.1, 0.15) is 5.56 Å². The first kappa shape index (κ1) is 18.0. The third-order valence-corrected chi connectivity index (χ3v) is 4.99. The highest BCUT2D eigenvalue weighted by atomic mass is 19.1. The van der Waals surface area contributed by atoms with Crippen LogP contribution in [0.15, 0.2) is 53.7 Å². The molecular formula is C22H20FN3O2. The Morgan fingerprint density at radius 3 is 2.46 bits per heavy atom. The number of aromatic nitrogens is 3. The van der Waals surface area contributed by atoms with E-state index in [4.69, 9.17) is 4.74 Å². The predicted molar refractivity (Wildman–Crippen MR) is 108 cm³/mol. The quantitative estimate of drug-likeness (QED) is 0.541. The van der Waals surface area contributed by atoms with E-state index < -0.39 is 0 Å². The molecule has 0 radical (unpaired) electrons. The molecule has 2 aromatic carbocycles. The number of halogens is 1. The van der Waals surface area contributed by atoms with Gasteiger partial charge in [-0.05, 0) is 41.6 Å². The van der Waals surface area contributed by atoms with Crippen LogP contribution in [0.4, 0.5) is 4.39 Å². The summed E-state index contributed by atoms with van der Waals surface area (Å²) in [7, 11) is 5.08. The highest BCUT2D eigenvalue weighted by Crippen LogP contribution is 2.37. The van der Waals surface area contributed by atoms with Crippen molar-refractivity contribution in [1.82, 2.24) is 14.3 Å². The predicted octanol–water partition coefficient (Wildman–Crippen LogP) is 4.06. The molecule has 4 aromatic rings. The fourth-order valence-corrected chi connectivity index (χ4v) is 3.47. The molecule has 2 heterocycles. The second kappa shape index (κ2) is 6.64. The topological polar surface area (TPSA) is 49.1 Å². The molecule has 0 N–H and O–H groups in total. The van der Waals surface area contributed by atoms with Crippen molar-refractivity contribution in [2.75, 3.05) is 7.11 Å². The Hall–Kier alpha value is -3.41. The van der Waals surface area contributed by atoms with Crippen LogP contribution in [-0.2, 0) is 14.1 Å². The van der Waals surface area contributed by atoms with Gasteiger partial charge in [-0.15, -0.1) is 0 Å². The zero-order valence-corrected chi connectivity index (χ0v) is 16.2. The lowest BCUT2D eigenvalue weighted by atomic mass is 9.95. The number of hydrogen-bond acceptors (Lipinski definition) is 3. The molecule has 5 nitrogen and oxygen atoms in total. The van der Waals surface area contributed by atoms with Gasteiger partial charge in [-0.3, -0.25) is 9.48 Å². The zero-order chi connectivity index (χ0) is 20.0. The number of aryl methyl sites for hydroxylation is 3. The van der Waals surface area contributed by atoms with Gasteiger partial charge in [-0.2, -0.15) is 5.10 Å². The van der Waals surface area contributed by atoms with Gasteiger partial charge in [0.15, 0.2) is 0 Å². The molecule has 6 heteroatoms. The Bertz CT molecular complexity index is 1270. The fourth-order valence-electron chi connectivity index (χ4n) is 3.47. The van der Waals surface area contributed by atoms with Crippen molar-refractivity contribution in [2.24, 2.45) is 14.1 Å². The maximum Gasteiger partial charge on any atom is 0.258 e. The van der Waals surface area contributed by atoms with Gasteiger partial charge in [-0.1, -0.05) is 6.07 Å². The summed E-state index contributed by atoms with van der Waals surface area (Å²) < 4.78 is 22.8. The standard InChI is InChI=1S/C22H20FN3O2/c1-13-7-18(21(28-4)9-20(13)23)19-12-25(2)22(27)16-6-5-14(8-17(16)19)15-10-24-26(3)11-15/h5-12H,1-4H3. The average molecular weight is 377 g/mol. The lowest BCUT2D eigenvalue weighted by Crippen LogP contribution is -2.16. The number of nitrogens with zero attached hydrogens (tertiary/aromatic N) is 3. The molecule has 0 aliphatic rings. The number of rotatable bonds is 3. The van der Waals surface area contributed by atoms with Crippen LogP contribution in [0.2, 0.25) is 0 Å². The van der Waals surface area contributed by atoms with E-state index in [1.54, 1.807) is 41.7 Å². The minimum Gasteiger partial charge on any atom is -0.496 e. The Labute approximate surface area is 161 Å². The van der Waals surface area contributed by atoms with Gasteiger partial charge in [0, 0.05) is 54.6 Å². The van der Waals surface area contributed by atoms with E-state index in [0.717, 1.165) is 27.6 Å². The number of hydrogen-bond donors (Lipinski definition) is 0. The van der Waals surface area contributed by atoms with Gasteiger partial charge in [0.25, 0.3) is 5.56 Å². The van der Waals surface area contributed by atoms with Crippen molar-refractivity contribution < 1.29 is 9.13 Å². The molecule has 28 heavy (non-hydrogen) atoms. The number of pyridine rings is 1. The van der Waals surface area contributed by atoms with E-state index in [1.807, 2.05) is 31.4 Å². The molecule has 0 unspecified atom stereocenters. The van der Waals surface area contributed by atoms with Gasteiger partial charge < -0.3 is 9.30 Å². The Morgan fingerprint density at radius 2 is 1.79 bits per heavy atom. The summed E-state index contributed by atoms with van der Waals surface area (Å²) in [4.78, 5) is 12.7. The number of ether oxygens (including phenoxy) is 1. The molecule has 4 rings (SSSR count). The summed E-state index contributed by atoms with van der Waals surface area (Å²) in [6, 6.07) is 8.85. The highest BCUT2D eigenvalue weighted by molar-refractivity contribution is 5.99. The van der Waals surface area contributed by atoms with Crippen LogP contribution < -0.4 is 10.3 Å². The Balaban J connectivity index is 2.07. The van der Waals surface area contributed by atoms with Crippen LogP contribution >= 0.6 is 0 Å². The second-order valence-electron chi connectivity index (χ2n) is 6.92. The van der Waals surface area contributed by atoms with E-state index in [0.29, 0.717) is 16.7 Å². The monoisotopic (exact) mass is 377 g/mol. The number of benzene rings is 2. The first-order chi connectivity index (χ1) is 13.4. The lowest BCUT2D eigenvalue weighted by molar-refractivity contribution is 0.412. The van der Waals surface area contributed by atoms with Crippen molar-refractivity contribution in [3.8, 4) is 28.0 Å². The van der Waals surface area contributed by atoms with E-state index in [1.165, 1.54) is 13.2 Å². The smallest absolute Gasteiger partial charge is 0.258 e. The summed E-state index contributed by atoms with van der Waals surface area (Å²) >= 11 is 0. The molecule has 0 spiro atoms. The second-order valence-corrected chi connectivity index (χ2v) is 6.92. The Morgan fingerprint density at radius 1 is 1.00 bits per heavy atom. The van der Waals surface area contributed by atoms with E-state index in [-0.39, 0.29) is 11.4 Å². The molecule has 2 aromatic heterocycles. The minimum absolute atomic E-state index is 0.0886. The lowest BCUT2D eigenvalue weighted by Gasteiger charge is -2.15. The van der Waals surface area contributed by atoms with Gasteiger partial charge in [0.05, 0.1) is 13.3 Å². The summed E-state index contributed by atoms with van der Waals surface area (Å²) in [5.74, 6) is 0.0978. The van der Waals surface area contributed by atoms with E-state index in [9.17, 15) is 9.18 Å². The third kappa shape index (κ3) is 2.87. The molecule has 0 fully saturated rings. The zero-order valence-electron chi connectivity index (χ0n) is 16.2. The third-order valence-electron chi connectivity index (χ3n) is 4.99. The van der Waals surface area contributed by atoms with Crippen LogP contribution in [0.25, 0.3) is 33.0 Å². The average Bonchev–Trinajstić information content (AvgIpc) is 3.12. The summed E-state index contributed by atoms with van der Waals surface area (Å²) in [6.07, 6.45) is 5.47. The van der Waals surface area contributed by atoms with E-state index in [2.05, 4.69) is 5.10 Å². The maximum absolute atomic E-state index is 14.1. The van der Waals surface area contributed by atoms with Gasteiger partial charge in [-0.25, -0.2) is 4.39 Å². The summed E-state index contributed by atoms with van der Waals surface area (Å²) in [5, 5.41) is 5.60. The maximum atomic E-state index is 14.1. The van der Waals surface area contributed by atoms with Crippen molar-refractivity contribution in [3.63, 3.8) is 0 Å². The van der Waals surface area contributed by atoms with Crippen LogP contribution in [0.3, 0.4) is 0 Å². The molecule has 0 saturated carbocycles. The van der Waals surface area contributed by atoms with Crippen molar-refractivity contribution in [3.05, 3.63) is 70.7 Å². The Kier molecular flexibility index (Phi) is 4.26. The van der Waals surface area contributed by atoms with Crippen molar-refractivity contribution in [2.45, 2.75) is 6.92 Å². The molecule has 0 aliphatic carbocycles. The molecule has 0 atom stereocenters. The molecule has 0 amide bonds. The first-order valence-electron chi connectivity index (χ1n) is 8.86. The largest absolute Gasteiger partial charge is 0.496 e. The number of fused-ring (bicyclic) bond motifs is 1. The van der Waals surface area contributed by atoms with Crippen LogP contribution in [0, 0.1) is 12.7 Å². The number of methoxy groups -OCH3 is 1. The highest BCUT2D eigenvalue weighted by Gasteiger charge is 2.16. The summed E-state index contributed by atoms with van der Waals surface area (Å²) in [5.41, 5.74) is 3.88. The van der Waals surface area contributed by atoms with Gasteiger partial charge >= 0.3 is 0 Å². The molecule has 0 aliphatic heterocycles. The fraction of sp³-hybridized carbons (Fsp3) is 0.182. The summed E-state index contributed by atoms with van der Waals surface area (Å²) in [6.45, 7) is 1.71. The van der Waals surface area contributed by atoms with Crippen molar-refractivity contribution >= 4 is 10.8 Å². The van der Waals surface area contributed by atoms with Crippen molar-refractivity contribution in [1.29, 1.82) is 0 Å².